The molecule has 0 bridgehead atoms. The predicted molar refractivity (Wildman–Crippen MR) is 143 cm³/mol. The molecule has 0 unspecified atom stereocenters. The van der Waals surface area contributed by atoms with E-state index in [4.69, 9.17) is 16.3 Å². The van der Waals surface area contributed by atoms with Crippen LogP contribution in [0.2, 0.25) is 5.02 Å². The van der Waals surface area contributed by atoms with Gasteiger partial charge in [0.05, 0.1) is 0 Å². The Labute approximate surface area is 218 Å². The molecule has 3 aromatic carbocycles. The van der Waals surface area contributed by atoms with Crippen LogP contribution in [0.25, 0.3) is 0 Å². The Balaban J connectivity index is 1.61. The third-order valence-electron chi connectivity index (χ3n) is 6.68. The lowest BCUT2D eigenvalue weighted by Gasteiger charge is -2.32. The highest BCUT2D eigenvalue weighted by molar-refractivity contribution is 6.30. The van der Waals surface area contributed by atoms with Crippen molar-refractivity contribution in [1.82, 2.24) is 10.2 Å². The highest BCUT2D eigenvalue weighted by atomic mass is 35.5. The first kappa shape index (κ1) is 25.8. The van der Waals surface area contributed by atoms with Gasteiger partial charge in [0.1, 0.15) is 11.8 Å². The standard InChI is InChI=1S/C30H33ClN2O3/c1-22-9-5-8-14-28(22)36-21-29(34)33(20-24-15-17-25(31)18-16-24)27(19-23-10-3-2-4-11-23)30(35)32-26-12-6-7-13-26/h2-5,8-11,14-18,26-27H,6-7,12-13,19-21H2,1H3,(H,32,35)/t27-/m1/s1. The molecule has 0 saturated heterocycles. The lowest BCUT2D eigenvalue weighted by Crippen LogP contribution is -2.53. The first-order valence-electron chi connectivity index (χ1n) is 12.6. The molecular weight excluding hydrogens is 472 g/mol. The van der Waals surface area contributed by atoms with Gasteiger partial charge in [0, 0.05) is 24.0 Å². The molecule has 188 valence electrons. The summed E-state index contributed by atoms with van der Waals surface area (Å²) in [6, 6.07) is 24.3. The number of nitrogens with one attached hydrogen (secondary N) is 1. The van der Waals surface area contributed by atoms with E-state index < -0.39 is 6.04 Å². The number of halogens is 1. The molecular formula is C30H33ClN2O3. The Morgan fingerprint density at radius 1 is 0.944 bits per heavy atom. The molecule has 0 aliphatic heterocycles. The summed E-state index contributed by atoms with van der Waals surface area (Å²) in [5.74, 6) is 0.298. The van der Waals surface area contributed by atoms with E-state index in [0.29, 0.717) is 17.2 Å². The Kier molecular flexibility index (Phi) is 9.01. The molecule has 36 heavy (non-hydrogen) atoms. The first-order chi connectivity index (χ1) is 17.5. The van der Waals surface area contributed by atoms with Crippen molar-refractivity contribution in [2.75, 3.05) is 6.61 Å². The summed E-state index contributed by atoms with van der Waals surface area (Å²) in [5.41, 5.74) is 2.85. The number of hydrogen-bond donors (Lipinski definition) is 1. The second-order valence-corrected chi connectivity index (χ2v) is 9.83. The van der Waals surface area contributed by atoms with E-state index in [1.807, 2.05) is 73.7 Å². The Bertz CT molecular complexity index is 1140. The van der Waals surface area contributed by atoms with Crippen LogP contribution in [0, 0.1) is 6.92 Å². The molecule has 5 nitrogen and oxygen atoms in total. The fraction of sp³-hybridized carbons (Fsp3) is 0.333. The zero-order valence-corrected chi connectivity index (χ0v) is 21.4. The summed E-state index contributed by atoms with van der Waals surface area (Å²) in [4.78, 5) is 29.0. The minimum Gasteiger partial charge on any atom is -0.484 e. The third kappa shape index (κ3) is 7.11. The second kappa shape index (κ2) is 12.6. The van der Waals surface area contributed by atoms with Gasteiger partial charge in [0.15, 0.2) is 6.61 Å². The van der Waals surface area contributed by atoms with Crippen molar-refractivity contribution >= 4 is 23.4 Å². The van der Waals surface area contributed by atoms with E-state index in [9.17, 15) is 9.59 Å². The first-order valence-corrected chi connectivity index (χ1v) is 12.9. The van der Waals surface area contributed by atoms with E-state index in [-0.39, 0.29) is 31.0 Å². The zero-order valence-electron chi connectivity index (χ0n) is 20.7. The molecule has 4 rings (SSSR count). The van der Waals surface area contributed by atoms with Crippen molar-refractivity contribution in [2.45, 2.75) is 57.7 Å². The Morgan fingerprint density at radius 3 is 2.31 bits per heavy atom. The number of carbonyl (C=O) groups is 2. The van der Waals surface area contributed by atoms with Crippen molar-refractivity contribution in [1.29, 1.82) is 0 Å². The molecule has 1 N–H and O–H groups in total. The molecule has 1 aliphatic carbocycles. The van der Waals surface area contributed by atoms with Crippen molar-refractivity contribution < 1.29 is 14.3 Å². The number of ether oxygens (including phenoxy) is 1. The Morgan fingerprint density at radius 2 is 1.61 bits per heavy atom. The lowest BCUT2D eigenvalue weighted by molar-refractivity contribution is -0.143. The maximum absolute atomic E-state index is 13.7. The summed E-state index contributed by atoms with van der Waals surface area (Å²) >= 11 is 6.09. The fourth-order valence-corrected chi connectivity index (χ4v) is 4.77. The average molecular weight is 505 g/mol. The number of aryl methyl sites for hydroxylation is 1. The summed E-state index contributed by atoms with van der Waals surface area (Å²) < 4.78 is 5.91. The molecule has 1 fully saturated rings. The van der Waals surface area contributed by atoms with Gasteiger partial charge in [-0.1, -0.05) is 85.1 Å². The summed E-state index contributed by atoms with van der Waals surface area (Å²) in [6.45, 7) is 2.07. The molecule has 1 aliphatic rings. The molecule has 0 aromatic heterocycles. The quantitative estimate of drug-likeness (QED) is 0.384. The summed E-state index contributed by atoms with van der Waals surface area (Å²) in [6.07, 6.45) is 4.61. The molecule has 0 spiro atoms. The van der Waals surface area contributed by atoms with E-state index in [1.165, 1.54) is 0 Å². The molecule has 3 aromatic rings. The normalized spacial score (nSPS) is 14.3. The summed E-state index contributed by atoms with van der Waals surface area (Å²) in [5, 5.41) is 3.84. The summed E-state index contributed by atoms with van der Waals surface area (Å²) in [7, 11) is 0. The number of rotatable bonds is 10. The minimum absolute atomic E-state index is 0.121. The van der Waals surface area contributed by atoms with Crippen LogP contribution < -0.4 is 10.1 Å². The van der Waals surface area contributed by atoms with E-state index in [2.05, 4.69) is 5.32 Å². The lowest BCUT2D eigenvalue weighted by atomic mass is 10.0. The molecule has 6 heteroatoms. The van der Waals surface area contributed by atoms with E-state index in [1.54, 1.807) is 17.0 Å². The topological polar surface area (TPSA) is 58.6 Å². The van der Waals surface area contributed by atoms with Gasteiger partial charge in [-0.15, -0.1) is 0 Å². The van der Waals surface area contributed by atoms with Crippen LogP contribution in [-0.4, -0.2) is 35.4 Å². The third-order valence-corrected chi connectivity index (χ3v) is 6.94. The van der Waals surface area contributed by atoms with Crippen LogP contribution in [0.1, 0.15) is 42.4 Å². The SMILES string of the molecule is Cc1ccccc1OCC(=O)N(Cc1ccc(Cl)cc1)[C@H](Cc1ccccc1)C(=O)NC1CCCC1. The fourth-order valence-electron chi connectivity index (χ4n) is 4.65. The highest BCUT2D eigenvalue weighted by Gasteiger charge is 2.32. The number of para-hydroxylation sites is 1. The molecule has 1 saturated carbocycles. The van der Waals surface area contributed by atoms with Gasteiger partial charge < -0.3 is 15.0 Å². The van der Waals surface area contributed by atoms with Crippen LogP contribution in [0.15, 0.2) is 78.9 Å². The van der Waals surface area contributed by atoms with Crippen LogP contribution in [0.3, 0.4) is 0 Å². The zero-order chi connectivity index (χ0) is 25.3. The molecule has 2 amide bonds. The second-order valence-electron chi connectivity index (χ2n) is 9.40. The number of hydrogen-bond acceptors (Lipinski definition) is 3. The van der Waals surface area contributed by atoms with Crippen molar-refractivity contribution in [3.63, 3.8) is 0 Å². The maximum Gasteiger partial charge on any atom is 0.261 e. The van der Waals surface area contributed by atoms with Crippen LogP contribution in [-0.2, 0) is 22.6 Å². The van der Waals surface area contributed by atoms with Gasteiger partial charge in [0.25, 0.3) is 5.91 Å². The largest absolute Gasteiger partial charge is 0.484 e. The van der Waals surface area contributed by atoms with Crippen LogP contribution >= 0.6 is 11.6 Å². The maximum atomic E-state index is 13.7. The van der Waals surface area contributed by atoms with Gasteiger partial charge in [0.2, 0.25) is 5.91 Å². The predicted octanol–water partition coefficient (Wildman–Crippen LogP) is 5.73. The van der Waals surface area contributed by atoms with Crippen molar-refractivity contribution in [3.05, 3.63) is 101 Å². The monoisotopic (exact) mass is 504 g/mol. The number of amides is 2. The molecule has 0 heterocycles. The smallest absolute Gasteiger partial charge is 0.261 e. The van der Waals surface area contributed by atoms with Gasteiger partial charge >= 0.3 is 0 Å². The van der Waals surface area contributed by atoms with Crippen LogP contribution in [0.4, 0.5) is 0 Å². The van der Waals surface area contributed by atoms with Gasteiger partial charge in [-0.3, -0.25) is 9.59 Å². The van der Waals surface area contributed by atoms with Crippen LogP contribution in [0.5, 0.6) is 5.75 Å². The van der Waals surface area contributed by atoms with Gasteiger partial charge in [-0.2, -0.15) is 0 Å². The van der Waals surface area contributed by atoms with Gasteiger partial charge in [-0.25, -0.2) is 0 Å². The van der Waals surface area contributed by atoms with Crippen molar-refractivity contribution in [2.24, 2.45) is 0 Å². The number of benzene rings is 3. The number of nitrogens with zero attached hydrogens (tertiary/aromatic N) is 1. The van der Waals surface area contributed by atoms with E-state index >= 15 is 0 Å². The Hall–Kier alpha value is -3.31. The van der Waals surface area contributed by atoms with Crippen molar-refractivity contribution in [3.8, 4) is 5.75 Å². The number of carbonyl (C=O) groups excluding carboxylic acids is 2. The average Bonchev–Trinajstić information content (AvgIpc) is 3.40. The van der Waals surface area contributed by atoms with Gasteiger partial charge in [-0.05, 0) is 54.7 Å². The molecule has 1 atom stereocenters. The minimum atomic E-state index is -0.670. The van der Waals surface area contributed by atoms with E-state index in [0.717, 1.165) is 42.4 Å². The highest BCUT2D eigenvalue weighted by Crippen LogP contribution is 2.21. The molecule has 0 radical (unpaired) electrons.